The minimum Gasteiger partial charge on any atom is -0.483 e. The Morgan fingerprint density at radius 3 is 2.11 bits per heavy atom. The fourth-order valence-corrected chi connectivity index (χ4v) is 1.67. The van der Waals surface area contributed by atoms with Gasteiger partial charge < -0.3 is 10.5 Å². The van der Waals surface area contributed by atoms with Gasteiger partial charge in [0.05, 0.1) is 0 Å². The molecule has 0 bridgehead atoms. The Kier molecular flexibility index (Phi) is 3.89. The maximum atomic E-state index is 13.3. The summed E-state index contributed by atoms with van der Waals surface area (Å²) in [6.45, 7) is 0.449. The summed E-state index contributed by atoms with van der Waals surface area (Å²) in [5.41, 5.74) is 7.30. The average molecular weight is 249 g/mol. The number of para-hydroxylation sites is 1. The molecule has 4 heteroatoms. The summed E-state index contributed by atoms with van der Waals surface area (Å²) < 4.78 is 31.9. The van der Waals surface area contributed by atoms with Gasteiger partial charge in [-0.25, -0.2) is 8.78 Å². The van der Waals surface area contributed by atoms with Crippen LogP contribution in [0.2, 0.25) is 0 Å². The summed E-state index contributed by atoms with van der Waals surface area (Å²) in [5.74, 6) is -1.77. The van der Waals surface area contributed by atoms with Crippen molar-refractivity contribution in [3.63, 3.8) is 0 Å². The Morgan fingerprint density at radius 2 is 1.50 bits per heavy atom. The van der Waals surface area contributed by atoms with Gasteiger partial charge in [0.15, 0.2) is 17.4 Å². The van der Waals surface area contributed by atoms with E-state index in [4.69, 9.17) is 10.5 Å². The van der Waals surface area contributed by atoms with Gasteiger partial charge in [-0.3, -0.25) is 0 Å². The van der Waals surface area contributed by atoms with Crippen molar-refractivity contribution in [2.45, 2.75) is 13.2 Å². The van der Waals surface area contributed by atoms with Gasteiger partial charge in [-0.1, -0.05) is 30.3 Å². The van der Waals surface area contributed by atoms with Gasteiger partial charge in [0.25, 0.3) is 0 Å². The molecule has 18 heavy (non-hydrogen) atoms. The second kappa shape index (κ2) is 5.60. The van der Waals surface area contributed by atoms with Crippen LogP contribution in [0.4, 0.5) is 8.78 Å². The van der Waals surface area contributed by atoms with Crippen molar-refractivity contribution in [2.75, 3.05) is 0 Å². The van der Waals surface area contributed by atoms with E-state index in [9.17, 15) is 8.78 Å². The molecule has 0 saturated heterocycles. The van der Waals surface area contributed by atoms with Crippen LogP contribution in [0.5, 0.6) is 5.75 Å². The molecule has 2 aromatic carbocycles. The van der Waals surface area contributed by atoms with Crippen molar-refractivity contribution in [3.05, 3.63) is 65.2 Å². The molecule has 2 N–H and O–H groups in total. The highest BCUT2D eigenvalue weighted by Crippen LogP contribution is 2.22. The molecule has 0 amide bonds. The second-order valence-electron chi connectivity index (χ2n) is 3.81. The quantitative estimate of drug-likeness (QED) is 0.904. The van der Waals surface area contributed by atoms with E-state index in [-0.39, 0.29) is 12.4 Å². The molecule has 2 rings (SSSR count). The average Bonchev–Trinajstić information content (AvgIpc) is 2.38. The van der Waals surface area contributed by atoms with Crippen LogP contribution < -0.4 is 10.5 Å². The summed E-state index contributed by atoms with van der Waals surface area (Å²) in [5, 5.41) is 0. The highest BCUT2D eigenvalue weighted by atomic mass is 19.1. The Hall–Kier alpha value is -1.94. The first-order valence-corrected chi connectivity index (χ1v) is 5.56. The normalized spacial score (nSPS) is 10.4. The van der Waals surface area contributed by atoms with Crippen molar-refractivity contribution < 1.29 is 13.5 Å². The monoisotopic (exact) mass is 249 g/mol. The number of benzene rings is 2. The molecule has 0 heterocycles. The topological polar surface area (TPSA) is 35.2 Å². The van der Waals surface area contributed by atoms with Crippen LogP contribution in [0, 0.1) is 11.6 Å². The van der Waals surface area contributed by atoms with E-state index < -0.39 is 11.6 Å². The number of ether oxygens (including phenoxy) is 1. The standard InChI is InChI=1S/C14H13F2NO/c15-12-6-3-7-13(16)14(12)18-9-11-5-2-1-4-10(11)8-17/h1-7H,8-9,17H2. The molecule has 0 spiro atoms. The van der Waals surface area contributed by atoms with Gasteiger partial charge in [0.1, 0.15) is 6.61 Å². The highest BCUT2D eigenvalue weighted by Gasteiger charge is 2.10. The third-order valence-corrected chi connectivity index (χ3v) is 2.63. The molecule has 0 radical (unpaired) electrons. The minimum absolute atomic E-state index is 0.0885. The first kappa shape index (κ1) is 12.5. The largest absolute Gasteiger partial charge is 0.483 e. The number of halogens is 2. The Morgan fingerprint density at radius 1 is 0.889 bits per heavy atom. The van der Waals surface area contributed by atoms with E-state index in [0.717, 1.165) is 23.3 Å². The molecule has 0 saturated carbocycles. The van der Waals surface area contributed by atoms with Gasteiger partial charge >= 0.3 is 0 Å². The van der Waals surface area contributed by atoms with Gasteiger partial charge in [-0.05, 0) is 23.3 Å². The molecule has 94 valence electrons. The molecular weight excluding hydrogens is 236 g/mol. The van der Waals surface area contributed by atoms with E-state index in [2.05, 4.69) is 0 Å². The first-order chi connectivity index (χ1) is 8.72. The number of rotatable bonds is 4. The number of hydrogen-bond acceptors (Lipinski definition) is 2. The second-order valence-corrected chi connectivity index (χ2v) is 3.81. The van der Waals surface area contributed by atoms with Crippen molar-refractivity contribution in [1.82, 2.24) is 0 Å². The minimum atomic E-state index is -0.708. The maximum absolute atomic E-state index is 13.3. The van der Waals surface area contributed by atoms with E-state index in [0.29, 0.717) is 6.54 Å². The van der Waals surface area contributed by atoms with Crippen LogP contribution in [0.1, 0.15) is 11.1 Å². The molecule has 0 unspecified atom stereocenters. The molecule has 0 aliphatic heterocycles. The summed E-state index contributed by atoms with van der Waals surface area (Å²) in [6, 6.07) is 11.0. The fourth-order valence-electron chi connectivity index (χ4n) is 1.67. The molecule has 2 aromatic rings. The molecular formula is C14H13F2NO. The van der Waals surface area contributed by atoms with Crippen molar-refractivity contribution >= 4 is 0 Å². The van der Waals surface area contributed by atoms with Gasteiger partial charge in [0, 0.05) is 6.54 Å². The lowest BCUT2D eigenvalue weighted by molar-refractivity contribution is 0.273. The smallest absolute Gasteiger partial charge is 0.191 e. The molecule has 0 fully saturated rings. The van der Waals surface area contributed by atoms with Crippen molar-refractivity contribution in [3.8, 4) is 5.75 Å². The fraction of sp³-hybridized carbons (Fsp3) is 0.143. The zero-order valence-electron chi connectivity index (χ0n) is 9.70. The lowest BCUT2D eigenvalue weighted by Gasteiger charge is -2.10. The van der Waals surface area contributed by atoms with E-state index in [1.165, 1.54) is 6.07 Å². The van der Waals surface area contributed by atoms with Gasteiger partial charge in [-0.2, -0.15) is 0 Å². The molecule has 0 atom stereocenters. The predicted octanol–water partition coefficient (Wildman–Crippen LogP) is 3.00. The van der Waals surface area contributed by atoms with E-state index in [1.807, 2.05) is 24.3 Å². The third kappa shape index (κ3) is 2.65. The van der Waals surface area contributed by atoms with Crippen LogP contribution in [0.15, 0.2) is 42.5 Å². The summed E-state index contributed by atoms with van der Waals surface area (Å²) in [7, 11) is 0. The molecule has 0 aromatic heterocycles. The zero-order valence-corrected chi connectivity index (χ0v) is 9.70. The summed E-state index contributed by atoms with van der Waals surface area (Å²) in [4.78, 5) is 0. The Balaban J connectivity index is 2.16. The third-order valence-electron chi connectivity index (χ3n) is 2.63. The zero-order chi connectivity index (χ0) is 13.0. The molecule has 0 aliphatic carbocycles. The molecule has 2 nitrogen and oxygen atoms in total. The summed E-state index contributed by atoms with van der Waals surface area (Å²) in [6.07, 6.45) is 0. The number of nitrogens with two attached hydrogens (primary N) is 1. The maximum Gasteiger partial charge on any atom is 0.191 e. The van der Waals surface area contributed by atoms with E-state index >= 15 is 0 Å². The predicted molar refractivity (Wildman–Crippen MR) is 65.0 cm³/mol. The lowest BCUT2D eigenvalue weighted by Crippen LogP contribution is -2.05. The van der Waals surface area contributed by atoms with Crippen molar-refractivity contribution in [1.29, 1.82) is 0 Å². The highest BCUT2D eigenvalue weighted by molar-refractivity contribution is 5.29. The van der Waals surface area contributed by atoms with Crippen LogP contribution in [0.3, 0.4) is 0 Å². The van der Waals surface area contributed by atoms with Crippen LogP contribution in [-0.4, -0.2) is 0 Å². The van der Waals surface area contributed by atoms with Gasteiger partial charge in [0.2, 0.25) is 0 Å². The lowest BCUT2D eigenvalue weighted by atomic mass is 10.1. The Bertz CT molecular complexity index is 523. The molecule has 0 aliphatic rings. The van der Waals surface area contributed by atoms with Crippen LogP contribution in [-0.2, 0) is 13.2 Å². The van der Waals surface area contributed by atoms with Gasteiger partial charge in [-0.15, -0.1) is 0 Å². The number of hydrogen-bond donors (Lipinski definition) is 1. The van der Waals surface area contributed by atoms with Crippen LogP contribution >= 0.6 is 0 Å². The SMILES string of the molecule is NCc1ccccc1COc1c(F)cccc1F. The van der Waals surface area contributed by atoms with E-state index in [1.54, 1.807) is 0 Å². The van der Waals surface area contributed by atoms with Crippen molar-refractivity contribution in [2.24, 2.45) is 5.73 Å². The Labute approximate surface area is 104 Å². The summed E-state index contributed by atoms with van der Waals surface area (Å²) >= 11 is 0. The first-order valence-electron chi connectivity index (χ1n) is 5.56. The van der Waals surface area contributed by atoms with Crippen LogP contribution in [0.25, 0.3) is 0 Å².